The lowest BCUT2D eigenvalue weighted by Gasteiger charge is -2.12. The van der Waals surface area contributed by atoms with E-state index >= 15 is 0 Å². The van der Waals surface area contributed by atoms with Crippen molar-refractivity contribution in [3.8, 4) is 22.8 Å². The van der Waals surface area contributed by atoms with Gasteiger partial charge >= 0.3 is 0 Å². The summed E-state index contributed by atoms with van der Waals surface area (Å²) in [6.45, 7) is 2.60. The topological polar surface area (TPSA) is 81.8 Å². The second-order valence-electron chi connectivity index (χ2n) is 6.16. The Hall–Kier alpha value is -2.33. The highest BCUT2D eigenvalue weighted by atomic mass is 127. The Morgan fingerprint density at radius 3 is 2.52 bits per heavy atom. The largest absolute Gasteiger partial charge is 0.497 e. The number of halogens is 1. The van der Waals surface area contributed by atoms with Gasteiger partial charge in [-0.3, -0.25) is 4.99 Å². The van der Waals surface area contributed by atoms with Crippen LogP contribution >= 0.6 is 35.3 Å². The lowest BCUT2D eigenvalue weighted by molar-refractivity contribution is 0.405. The Morgan fingerprint density at radius 2 is 1.90 bits per heavy atom. The predicted octanol–water partition coefficient (Wildman–Crippen LogP) is 4.72. The van der Waals surface area contributed by atoms with Crippen LogP contribution in [0.25, 0.3) is 11.3 Å². The van der Waals surface area contributed by atoms with Gasteiger partial charge in [-0.15, -0.1) is 35.3 Å². The Bertz CT molecular complexity index is 958. The molecule has 0 aliphatic carbocycles. The van der Waals surface area contributed by atoms with Crippen LogP contribution in [0.4, 0.5) is 5.69 Å². The van der Waals surface area contributed by atoms with Crippen LogP contribution in [-0.4, -0.2) is 31.7 Å². The molecule has 1 aromatic heterocycles. The molecule has 0 aliphatic rings. The molecule has 0 radical (unpaired) electrons. The van der Waals surface area contributed by atoms with Crippen molar-refractivity contribution in [3.05, 3.63) is 58.4 Å². The number of methoxy groups -OCH3 is 2. The summed E-state index contributed by atoms with van der Waals surface area (Å²) in [5.74, 6) is 1.72. The monoisotopic (exact) mass is 524 g/mol. The highest BCUT2D eigenvalue weighted by Gasteiger charge is 2.06. The molecule has 3 N–H and O–H groups in total. The summed E-state index contributed by atoms with van der Waals surface area (Å²) in [5, 5.41) is 6.22. The zero-order valence-electron chi connectivity index (χ0n) is 16.6. The molecule has 0 spiro atoms. The van der Waals surface area contributed by atoms with Crippen LogP contribution in [0, 0.1) is 6.92 Å². The molecule has 1 heterocycles. The third kappa shape index (κ3) is 6.33. The van der Waals surface area contributed by atoms with Crippen LogP contribution in [-0.2, 0) is 6.42 Å². The molecule has 154 valence electrons. The van der Waals surface area contributed by atoms with E-state index in [-0.39, 0.29) is 24.0 Å². The normalized spacial score (nSPS) is 10.9. The molecule has 0 bridgehead atoms. The molecule has 0 aliphatic heterocycles. The Balaban J connectivity index is 0.00000300. The minimum Gasteiger partial charge on any atom is -0.497 e. The lowest BCUT2D eigenvalue weighted by atomic mass is 10.1. The summed E-state index contributed by atoms with van der Waals surface area (Å²) < 4.78 is 10.6. The van der Waals surface area contributed by atoms with Gasteiger partial charge in [-0.1, -0.05) is 24.3 Å². The molecule has 29 heavy (non-hydrogen) atoms. The second-order valence-corrected chi connectivity index (χ2v) is 7.22. The molecular weight excluding hydrogens is 499 g/mol. The van der Waals surface area contributed by atoms with Crippen LogP contribution in [0.2, 0.25) is 0 Å². The van der Waals surface area contributed by atoms with E-state index in [1.165, 1.54) is 5.56 Å². The smallest absolute Gasteiger partial charge is 0.193 e. The predicted molar refractivity (Wildman–Crippen MR) is 131 cm³/mol. The SMILES string of the molecule is COc1ccc(OC)c(NC(N)=NCCc2ccc(-c3csc(C)n3)cc2)c1.I. The number of hydrogen-bond acceptors (Lipinski definition) is 5. The van der Waals surface area contributed by atoms with E-state index in [2.05, 4.69) is 44.9 Å². The number of aromatic nitrogens is 1. The second kappa shape index (κ2) is 11.0. The number of anilines is 1. The average molecular weight is 524 g/mol. The first-order valence-corrected chi connectivity index (χ1v) is 9.77. The first-order valence-electron chi connectivity index (χ1n) is 8.89. The maximum absolute atomic E-state index is 6.02. The van der Waals surface area contributed by atoms with Gasteiger partial charge in [0, 0.05) is 23.6 Å². The zero-order chi connectivity index (χ0) is 19.9. The number of rotatable bonds is 7. The molecule has 8 heteroatoms. The van der Waals surface area contributed by atoms with E-state index in [4.69, 9.17) is 15.2 Å². The fourth-order valence-electron chi connectivity index (χ4n) is 2.73. The number of nitrogens with zero attached hydrogens (tertiary/aromatic N) is 2. The summed E-state index contributed by atoms with van der Waals surface area (Å²) >= 11 is 1.66. The first kappa shape index (κ1) is 23.0. The average Bonchev–Trinajstić information content (AvgIpc) is 3.14. The van der Waals surface area contributed by atoms with Gasteiger partial charge in [0.15, 0.2) is 5.96 Å². The van der Waals surface area contributed by atoms with E-state index in [0.717, 1.165) is 22.7 Å². The third-order valence-electron chi connectivity index (χ3n) is 4.22. The summed E-state index contributed by atoms with van der Waals surface area (Å²) in [6.07, 6.45) is 0.800. The van der Waals surface area contributed by atoms with Crippen molar-refractivity contribution in [3.63, 3.8) is 0 Å². The minimum atomic E-state index is 0. The number of nitrogens with two attached hydrogens (primary N) is 1. The molecule has 0 unspecified atom stereocenters. The molecule has 0 amide bonds. The van der Waals surface area contributed by atoms with E-state index in [1.54, 1.807) is 25.6 Å². The first-order chi connectivity index (χ1) is 13.6. The number of thiazole rings is 1. The molecular formula is C21H25IN4O2S. The molecule has 0 atom stereocenters. The van der Waals surface area contributed by atoms with E-state index in [1.807, 2.05) is 25.1 Å². The number of aryl methyl sites for hydroxylation is 1. The maximum Gasteiger partial charge on any atom is 0.193 e. The number of hydrogen-bond donors (Lipinski definition) is 2. The van der Waals surface area contributed by atoms with Gasteiger partial charge in [-0.05, 0) is 31.0 Å². The number of aliphatic imine (C=N–C) groups is 1. The molecule has 3 aromatic rings. The molecule has 0 fully saturated rings. The fourth-order valence-corrected chi connectivity index (χ4v) is 3.35. The van der Waals surface area contributed by atoms with Crippen molar-refractivity contribution in [2.24, 2.45) is 10.7 Å². The van der Waals surface area contributed by atoms with Crippen molar-refractivity contribution < 1.29 is 9.47 Å². The van der Waals surface area contributed by atoms with Gasteiger partial charge < -0.3 is 20.5 Å². The van der Waals surface area contributed by atoms with Crippen LogP contribution in [0.3, 0.4) is 0 Å². The summed E-state index contributed by atoms with van der Waals surface area (Å²) in [5.41, 5.74) is 10.1. The van der Waals surface area contributed by atoms with Crippen LogP contribution in [0.1, 0.15) is 10.6 Å². The van der Waals surface area contributed by atoms with Gasteiger partial charge in [-0.2, -0.15) is 0 Å². The van der Waals surface area contributed by atoms with E-state index in [0.29, 0.717) is 29.7 Å². The maximum atomic E-state index is 6.02. The molecule has 0 saturated heterocycles. The highest BCUT2D eigenvalue weighted by molar-refractivity contribution is 14.0. The summed E-state index contributed by atoms with van der Waals surface area (Å²) in [7, 11) is 3.22. The van der Waals surface area contributed by atoms with Crippen molar-refractivity contribution in [1.82, 2.24) is 4.98 Å². The molecule has 3 rings (SSSR count). The summed E-state index contributed by atoms with van der Waals surface area (Å²) in [6, 6.07) is 13.9. The van der Waals surface area contributed by atoms with Gasteiger partial charge in [0.05, 0.1) is 30.6 Å². The highest BCUT2D eigenvalue weighted by Crippen LogP contribution is 2.28. The zero-order valence-corrected chi connectivity index (χ0v) is 19.8. The molecule has 0 saturated carbocycles. The van der Waals surface area contributed by atoms with Crippen molar-refractivity contribution in [1.29, 1.82) is 0 Å². The van der Waals surface area contributed by atoms with Crippen molar-refractivity contribution in [2.75, 3.05) is 26.1 Å². The number of guanidine groups is 1. The Morgan fingerprint density at radius 1 is 1.14 bits per heavy atom. The van der Waals surface area contributed by atoms with Gasteiger partial charge in [-0.25, -0.2) is 4.98 Å². The quantitative estimate of drug-likeness (QED) is 0.266. The standard InChI is InChI=1S/C21H24N4O2S.HI/c1-14-24-19(13-28-14)16-6-4-15(5-7-16)10-11-23-21(22)25-18-12-17(26-2)8-9-20(18)27-3;/h4-9,12-13H,10-11H2,1-3H3,(H3,22,23,25);1H. The fraction of sp³-hybridized carbons (Fsp3) is 0.238. The van der Waals surface area contributed by atoms with Gasteiger partial charge in [0.1, 0.15) is 11.5 Å². The lowest BCUT2D eigenvalue weighted by Crippen LogP contribution is -2.23. The summed E-state index contributed by atoms with van der Waals surface area (Å²) in [4.78, 5) is 8.92. The van der Waals surface area contributed by atoms with Gasteiger partial charge in [0.2, 0.25) is 0 Å². The van der Waals surface area contributed by atoms with Crippen molar-refractivity contribution >= 4 is 47.0 Å². The van der Waals surface area contributed by atoms with Crippen LogP contribution in [0.15, 0.2) is 52.8 Å². The molecule has 2 aromatic carbocycles. The van der Waals surface area contributed by atoms with Crippen LogP contribution < -0.4 is 20.5 Å². The van der Waals surface area contributed by atoms with E-state index < -0.39 is 0 Å². The number of nitrogens with one attached hydrogen (secondary N) is 1. The van der Waals surface area contributed by atoms with Crippen molar-refractivity contribution in [2.45, 2.75) is 13.3 Å². The number of benzene rings is 2. The molecule has 6 nitrogen and oxygen atoms in total. The Labute approximate surface area is 192 Å². The minimum absolute atomic E-state index is 0. The Kier molecular flexibility index (Phi) is 8.71. The van der Waals surface area contributed by atoms with E-state index in [9.17, 15) is 0 Å². The van der Waals surface area contributed by atoms with Gasteiger partial charge in [0.25, 0.3) is 0 Å². The number of ether oxygens (including phenoxy) is 2. The third-order valence-corrected chi connectivity index (χ3v) is 4.99. The van der Waals surface area contributed by atoms with Crippen LogP contribution in [0.5, 0.6) is 11.5 Å².